The summed E-state index contributed by atoms with van der Waals surface area (Å²) in [5.41, 5.74) is 1.65. The highest BCUT2D eigenvalue weighted by molar-refractivity contribution is 6.99. The van der Waals surface area contributed by atoms with Gasteiger partial charge in [0.1, 0.15) is 12.4 Å². The Morgan fingerprint density at radius 3 is 2.54 bits per heavy atom. The average Bonchev–Trinajstić information content (AvgIpc) is 3.18. The fourth-order valence-electron chi connectivity index (χ4n) is 3.23. The number of halogens is 2. The Bertz CT molecular complexity index is 895. The quantitative estimate of drug-likeness (QED) is 0.599. The molecular weight excluding hydrogens is 399 g/mol. The van der Waals surface area contributed by atoms with Crippen molar-refractivity contribution in [2.75, 3.05) is 31.1 Å². The number of benzene rings is 2. The summed E-state index contributed by atoms with van der Waals surface area (Å²) in [6, 6.07) is 15.1. The van der Waals surface area contributed by atoms with Crippen LogP contribution < -0.4 is 9.64 Å². The van der Waals surface area contributed by atoms with Crippen LogP contribution in [-0.2, 0) is 13.2 Å². The van der Waals surface area contributed by atoms with Crippen molar-refractivity contribution < 1.29 is 9.13 Å². The SMILES string of the molecule is Fc1cccc(Cl)c1COc1nsnc1N1CCN(Cc2ccccc2)CC1. The maximum absolute atomic E-state index is 13.9. The van der Waals surface area contributed by atoms with Crippen LogP contribution in [0.15, 0.2) is 48.5 Å². The van der Waals surface area contributed by atoms with Gasteiger partial charge in [0.2, 0.25) is 5.82 Å². The van der Waals surface area contributed by atoms with Crippen LogP contribution in [0, 0.1) is 5.82 Å². The Kier molecular flexibility index (Phi) is 6.04. The summed E-state index contributed by atoms with van der Waals surface area (Å²) in [6.07, 6.45) is 0. The molecule has 3 aromatic rings. The molecule has 0 bridgehead atoms. The highest BCUT2D eigenvalue weighted by Gasteiger charge is 2.23. The number of ether oxygens (including phenoxy) is 1. The molecule has 146 valence electrons. The molecule has 1 saturated heterocycles. The highest BCUT2D eigenvalue weighted by Crippen LogP contribution is 2.29. The number of hydrogen-bond acceptors (Lipinski definition) is 6. The normalized spacial score (nSPS) is 15.0. The molecule has 0 spiro atoms. The lowest BCUT2D eigenvalue weighted by molar-refractivity contribution is 0.246. The van der Waals surface area contributed by atoms with Crippen LogP contribution in [0.3, 0.4) is 0 Å². The molecule has 0 aliphatic carbocycles. The van der Waals surface area contributed by atoms with Gasteiger partial charge < -0.3 is 9.64 Å². The van der Waals surface area contributed by atoms with E-state index in [0.717, 1.165) is 50.3 Å². The van der Waals surface area contributed by atoms with Gasteiger partial charge in [-0.1, -0.05) is 48.0 Å². The van der Waals surface area contributed by atoms with Crippen molar-refractivity contribution in [3.05, 3.63) is 70.5 Å². The molecular formula is C20H20ClFN4OS. The number of hydrogen-bond donors (Lipinski definition) is 0. The molecule has 8 heteroatoms. The van der Waals surface area contributed by atoms with Gasteiger partial charge in [0.05, 0.1) is 16.8 Å². The summed E-state index contributed by atoms with van der Waals surface area (Å²) in [7, 11) is 0. The largest absolute Gasteiger partial charge is 0.469 e. The molecule has 2 heterocycles. The van der Waals surface area contributed by atoms with E-state index < -0.39 is 0 Å². The second kappa shape index (κ2) is 8.86. The van der Waals surface area contributed by atoms with Gasteiger partial charge in [0.15, 0.2) is 0 Å². The minimum absolute atomic E-state index is 0.0257. The number of aromatic nitrogens is 2. The van der Waals surface area contributed by atoms with Gasteiger partial charge in [-0.15, -0.1) is 4.37 Å². The zero-order valence-corrected chi connectivity index (χ0v) is 16.8. The first-order chi connectivity index (χ1) is 13.7. The predicted molar refractivity (Wildman–Crippen MR) is 110 cm³/mol. The van der Waals surface area contributed by atoms with Crippen molar-refractivity contribution >= 4 is 29.1 Å². The van der Waals surface area contributed by atoms with E-state index in [1.54, 1.807) is 12.1 Å². The molecule has 2 aromatic carbocycles. The first kappa shape index (κ1) is 19.1. The van der Waals surface area contributed by atoms with Crippen LogP contribution in [-0.4, -0.2) is 39.8 Å². The van der Waals surface area contributed by atoms with Crippen LogP contribution in [0.4, 0.5) is 10.2 Å². The summed E-state index contributed by atoms with van der Waals surface area (Å²) in [5.74, 6) is 0.768. The van der Waals surface area contributed by atoms with E-state index in [0.29, 0.717) is 16.5 Å². The average molecular weight is 419 g/mol. The molecule has 0 atom stereocenters. The lowest BCUT2D eigenvalue weighted by Gasteiger charge is -2.34. The fraction of sp³-hybridized carbons (Fsp3) is 0.300. The molecule has 4 rings (SSSR count). The van der Waals surface area contributed by atoms with Crippen molar-refractivity contribution in [1.82, 2.24) is 13.6 Å². The summed E-state index contributed by atoms with van der Waals surface area (Å²) in [6.45, 7) is 4.52. The van der Waals surface area contributed by atoms with E-state index in [4.69, 9.17) is 16.3 Å². The van der Waals surface area contributed by atoms with Gasteiger partial charge in [-0.2, -0.15) is 4.37 Å². The van der Waals surface area contributed by atoms with E-state index in [2.05, 4.69) is 42.8 Å². The molecule has 0 unspecified atom stereocenters. The molecule has 0 saturated carbocycles. The first-order valence-electron chi connectivity index (χ1n) is 9.10. The van der Waals surface area contributed by atoms with Crippen molar-refractivity contribution in [3.8, 4) is 5.88 Å². The molecule has 1 aliphatic heterocycles. The van der Waals surface area contributed by atoms with E-state index in [1.165, 1.54) is 11.6 Å². The number of piperazine rings is 1. The van der Waals surface area contributed by atoms with Crippen LogP contribution in [0.1, 0.15) is 11.1 Å². The topological polar surface area (TPSA) is 41.5 Å². The number of rotatable bonds is 6. The Morgan fingerprint density at radius 1 is 1.00 bits per heavy atom. The van der Waals surface area contributed by atoms with Gasteiger partial charge in [0.25, 0.3) is 5.88 Å². The molecule has 5 nitrogen and oxygen atoms in total. The van der Waals surface area contributed by atoms with Gasteiger partial charge in [-0.25, -0.2) is 4.39 Å². The second-order valence-corrected chi connectivity index (χ2v) is 7.57. The minimum Gasteiger partial charge on any atom is -0.469 e. The van der Waals surface area contributed by atoms with E-state index in [1.807, 2.05) is 6.07 Å². The third-order valence-electron chi connectivity index (χ3n) is 4.78. The maximum Gasteiger partial charge on any atom is 0.271 e. The lowest BCUT2D eigenvalue weighted by atomic mass is 10.2. The Labute approximate surface area is 172 Å². The Balaban J connectivity index is 1.36. The van der Waals surface area contributed by atoms with Crippen LogP contribution in [0.2, 0.25) is 5.02 Å². The molecule has 0 amide bonds. The van der Waals surface area contributed by atoms with Gasteiger partial charge in [-0.05, 0) is 17.7 Å². The van der Waals surface area contributed by atoms with Gasteiger partial charge in [0, 0.05) is 38.3 Å². The third kappa shape index (κ3) is 4.43. The first-order valence-corrected chi connectivity index (χ1v) is 10.2. The smallest absolute Gasteiger partial charge is 0.271 e. The molecule has 0 radical (unpaired) electrons. The zero-order chi connectivity index (χ0) is 19.3. The number of nitrogens with zero attached hydrogens (tertiary/aromatic N) is 4. The molecule has 0 N–H and O–H groups in total. The predicted octanol–water partition coefficient (Wildman–Crippen LogP) is 4.23. The van der Waals surface area contributed by atoms with Crippen molar-refractivity contribution in [1.29, 1.82) is 0 Å². The summed E-state index contributed by atoms with van der Waals surface area (Å²) < 4.78 is 28.3. The van der Waals surface area contributed by atoms with Crippen molar-refractivity contribution in [2.45, 2.75) is 13.2 Å². The Hall–Kier alpha value is -2.22. The van der Waals surface area contributed by atoms with E-state index in [-0.39, 0.29) is 12.4 Å². The highest BCUT2D eigenvalue weighted by atomic mass is 35.5. The van der Waals surface area contributed by atoms with Gasteiger partial charge in [-0.3, -0.25) is 4.90 Å². The maximum atomic E-state index is 13.9. The zero-order valence-electron chi connectivity index (χ0n) is 15.2. The number of anilines is 1. The second-order valence-electron chi connectivity index (χ2n) is 6.63. The summed E-state index contributed by atoms with van der Waals surface area (Å²) in [5, 5.41) is 0.347. The lowest BCUT2D eigenvalue weighted by Crippen LogP contribution is -2.46. The van der Waals surface area contributed by atoms with Crippen LogP contribution in [0.25, 0.3) is 0 Å². The molecule has 28 heavy (non-hydrogen) atoms. The summed E-state index contributed by atoms with van der Waals surface area (Å²) in [4.78, 5) is 4.59. The summed E-state index contributed by atoms with van der Waals surface area (Å²) >= 11 is 7.17. The molecule has 1 fully saturated rings. The van der Waals surface area contributed by atoms with Crippen molar-refractivity contribution in [2.24, 2.45) is 0 Å². The molecule has 1 aromatic heterocycles. The molecule has 1 aliphatic rings. The van der Waals surface area contributed by atoms with Crippen LogP contribution >= 0.6 is 23.3 Å². The standard InChI is InChI=1S/C20H20ClFN4OS/c21-17-7-4-8-18(22)16(17)14-27-20-19(23-28-24-20)26-11-9-25(10-12-26)13-15-5-2-1-3-6-15/h1-8H,9-14H2. The van der Waals surface area contributed by atoms with Crippen LogP contribution in [0.5, 0.6) is 5.88 Å². The monoisotopic (exact) mass is 418 g/mol. The van der Waals surface area contributed by atoms with E-state index in [9.17, 15) is 4.39 Å². The van der Waals surface area contributed by atoms with Gasteiger partial charge >= 0.3 is 0 Å². The minimum atomic E-state index is -0.383. The Morgan fingerprint density at radius 2 is 1.79 bits per heavy atom. The third-order valence-corrected chi connectivity index (χ3v) is 5.63. The fourth-order valence-corrected chi connectivity index (χ4v) is 3.97. The van der Waals surface area contributed by atoms with Crippen molar-refractivity contribution in [3.63, 3.8) is 0 Å². The van der Waals surface area contributed by atoms with E-state index >= 15 is 0 Å².